The van der Waals surface area contributed by atoms with Crippen molar-refractivity contribution in [2.75, 3.05) is 0 Å². The fourth-order valence-electron chi connectivity index (χ4n) is 0.650. The van der Waals surface area contributed by atoms with Crippen LogP contribution in [0.2, 0.25) is 0 Å². The summed E-state index contributed by atoms with van der Waals surface area (Å²) >= 11 is 0. The molecule has 0 aromatic heterocycles. The minimum atomic E-state index is -0.853. The molecule has 0 saturated carbocycles. The maximum Gasteiger partial charge on any atom is 0.565 e. The summed E-state index contributed by atoms with van der Waals surface area (Å²) in [5.41, 5.74) is 0.758. The number of aliphatic hydroxyl groups excluding tert-OH is 1. The summed E-state index contributed by atoms with van der Waals surface area (Å²) in [5.74, 6) is 3.84. The molecular weight excluding hydrogens is 140 g/mol. The highest BCUT2D eigenvalue weighted by atomic mass is 16.4. The van der Waals surface area contributed by atoms with Crippen LogP contribution < -0.4 is 0 Å². The first-order valence-corrected chi connectivity index (χ1v) is 3.11. The summed E-state index contributed by atoms with van der Waals surface area (Å²) in [6.07, 6.45) is 0. The van der Waals surface area contributed by atoms with Crippen LogP contribution in [0.5, 0.6) is 0 Å². The SMILES string of the molecule is OC(=[OH+])C#Cc1ccccc1. The van der Waals surface area contributed by atoms with Crippen LogP contribution in [0.1, 0.15) is 5.56 Å². The molecular formula is C9H7O2+. The molecule has 1 aromatic rings. The van der Waals surface area contributed by atoms with Crippen LogP contribution in [0, 0.1) is 11.8 Å². The Morgan fingerprint density at radius 3 is 2.45 bits per heavy atom. The van der Waals surface area contributed by atoms with Gasteiger partial charge in [-0.3, -0.25) is 0 Å². The summed E-state index contributed by atoms with van der Waals surface area (Å²) in [6.45, 7) is 0. The van der Waals surface area contributed by atoms with Gasteiger partial charge in [0.25, 0.3) is 0 Å². The number of rotatable bonds is 0. The lowest BCUT2D eigenvalue weighted by molar-refractivity contribution is 0.471. The number of hydrogen-bond donors (Lipinski definition) is 1. The van der Waals surface area contributed by atoms with Crippen molar-refractivity contribution in [3.05, 3.63) is 35.9 Å². The van der Waals surface area contributed by atoms with E-state index in [1.165, 1.54) is 0 Å². The van der Waals surface area contributed by atoms with Crippen molar-refractivity contribution < 1.29 is 9.90 Å². The van der Waals surface area contributed by atoms with Crippen molar-refractivity contribution in [2.45, 2.75) is 0 Å². The average Bonchev–Trinajstić information content (AvgIpc) is 2.03. The highest BCUT2D eigenvalue weighted by Crippen LogP contribution is 1.93. The Kier molecular flexibility index (Phi) is 2.29. The highest BCUT2D eigenvalue weighted by Gasteiger charge is 1.92. The maximum atomic E-state index is 8.31. The molecule has 0 radical (unpaired) electrons. The Bertz CT molecular complexity index is 303. The number of benzene rings is 1. The lowest BCUT2D eigenvalue weighted by Crippen LogP contribution is -1.87. The van der Waals surface area contributed by atoms with Gasteiger partial charge >= 0.3 is 5.97 Å². The van der Waals surface area contributed by atoms with E-state index in [0.29, 0.717) is 0 Å². The normalized spacial score (nSPS) is 8.00. The minimum Gasteiger partial charge on any atom is -0.328 e. The van der Waals surface area contributed by atoms with E-state index < -0.39 is 5.97 Å². The molecule has 0 atom stereocenters. The highest BCUT2D eigenvalue weighted by molar-refractivity contribution is 5.88. The zero-order valence-electron chi connectivity index (χ0n) is 5.78. The van der Waals surface area contributed by atoms with E-state index in [1.54, 1.807) is 12.1 Å². The smallest absolute Gasteiger partial charge is 0.328 e. The molecule has 0 amide bonds. The molecule has 2 N–H and O–H groups in total. The van der Waals surface area contributed by atoms with Crippen LogP contribution in [0.4, 0.5) is 0 Å². The number of carboxylic acids is 1. The van der Waals surface area contributed by atoms with Gasteiger partial charge in [0.05, 0.1) is 5.92 Å². The van der Waals surface area contributed by atoms with Gasteiger partial charge in [-0.2, -0.15) is 0 Å². The lowest BCUT2D eigenvalue weighted by Gasteiger charge is -1.83. The summed E-state index contributed by atoms with van der Waals surface area (Å²) in [7, 11) is 0. The molecule has 1 rings (SSSR count). The Hall–Kier alpha value is -1.75. The van der Waals surface area contributed by atoms with Crippen LogP contribution in [0.25, 0.3) is 0 Å². The Morgan fingerprint density at radius 1 is 1.27 bits per heavy atom. The van der Waals surface area contributed by atoms with Gasteiger partial charge in [0.15, 0.2) is 0 Å². The standard InChI is InChI=1S/C9H6O2/c10-9(11)7-6-8-4-2-1-3-5-8/h1-5H,(H,10,11)/p+1. The number of hydrogen-bond acceptors (Lipinski definition) is 0. The van der Waals surface area contributed by atoms with E-state index in [4.69, 9.17) is 9.90 Å². The van der Waals surface area contributed by atoms with Crippen molar-refractivity contribution in [1.29, 1.82) is 0 Å². The van der Waals surface area contributed by atoms with Crippen LogP contribution in [-0.2, 0) is 0 Å². The fourth-order valence-corrected chi connectivity index (χ4v) is 0.650. The molecule has 0 bridgehead atoms. The van der Waals surface area contributed by atoms with Crippen LogP contribution in [0.3, 0.4) is 0 Å². The van der Waals surface area contributed by atoms with Gasteiger partial charge in [-0.05, 0) is 18.1 Å². The van der Waals surface area contributed by atoms with E-state index >= 15 is 0 Å². The number of carboxylic acid groups (broad SMARTS) is 1. The van der Waals surface area contributed by atoms with Crippen molar-refractivity contribution >= 4 is 5.97 Å². The summed E-state index contributed by atoms with van der Waals surface area (Å²) in [5, 5.41) is 8.31. The van der Waals surface area contributed by atoms with E-state index in [1.807, 2.05) is 18.2 Å². The largest absolute Gasteiger partial charge is 0.565 e. The second kappa shape index (κ2) is 3.43. The quantitative estimate of drug-likeness (QED) is 0.433. The summed E-state index contributed by atoms with van der Waals surface area (Å²) in [6, 6.07) is 9.11. The third-order valence-electron chi connectivity index (χ3n) is 1.09. The molecule has 0 aliphatic carbocycles. The molecule has 0 spiro atoms. The van der Waals surface area contributed by atoms with Crippen LogP contribution >= 0.6 is 0 Å². The minimum absolute atomic E-state index is 0.758. The van der Waals surface area contributed by atoms with Gasteiger partial charge in [0, 0.05) is 5.56 Å². The molecule has 0 aliphatic heterocycles. The molecule has 11 heavy (non-hydrogen) atoms. The van der Waals surface area contributed by atoms with Crippen LogP contribution in [0.15, 0.2) is 30.3 Å². The van der Waals surface area contributed by atoms with E-state index in [0.717, 1.165) is 5.56 Å². The van der Waals surface area contributed by atoms with Crippen molar-refractivity contribution in [1.82, 2.24) is 0 Å². The first-order valence-electron chi connectivity index (χ1n) is 3.11. The third kappa shape index (κ3) is 2.55. The van der Waals surface area contributed by atoms with Gasteiger partial charge in [-0.25, -0.2) is 0 Å². The Balaban J connectivity index is 2.83. The first-order chi connectivity index (χ1) is 5.29. The molecule has 0 heterocycles. The van der Waals surface area contributed by atoms with Gasteiger partial charge in [-0.1, -0.05) is 18.2 Å². The molecule has 2 heteroatoms. The molecule has 0 saturated heterocycles. The predicted octanol–water partition coefficient (Wildman–Crippen LogP) is 1.10. The molecule has 54 valence electrons. The van der Waals surface area contributed by atoms with Crippen LogP contribution in [-0.4, -0.2) is 15.9 Å². The fraction of sp³-hybridized carbons (Fsp3) is 0. The van der Waals surface area contributed by atoms with Gasteiger partial charge < -0.3 is 9.90 Å². The monoisotopic (exact) mass is 147 g/mol. The molecule has 2 nitrogen and oxygen atoms in total. The first kappa shape index (κ1) is 7.36. The maximum absolute atomic E-state index is 8.31. The summed E-state index contributed by atoms with van der Waals surface area (Å²) < 4.78 is 0. The average molecular weight is 147 g/mol. The molecule has 0 unspecified atom stereocenters. The van der Waals surface area contributed by atoms with Gasteiger partial charge in [-0.15, -0.1) is 0 Å². The molecule has 1 aromatic carbocycles. The van der Waals surface area contributed by atoms with Gasteiger partial charge in [0.2, 0.25) is 0 Å². The zero-order chi connectivity index (χ0) is 8.10. The van der Waals surface area contributed by atoms with E-state index in [9.17, 15) is 0 Å². The lowest BCUT2D eigenvalue weighted by atomic mass is 10.2. The second-order valence-electron chi connectivity index (χ2n) is 1.94. The Labute approximate surface area is 64.5 Å². The second-order valence-corrected chi connectivity index (χ2v) is 1.94. The predicted molar refractivity (Wildman–Crippen MR) is 42.9 cm³/mol. The van der Waals surface area contributed by atoms with E-state index in [2.05, 4.69) is 11.8 Å². The Morgan fingerprint density at radius 2 is 1.91 bits per heavy atom. The topological polar surface area (TPSA) is 41.6 Å². The third-order valence-corrected chi connectivity index (χ3v) is 1.09. The van der Waals surface area contributed by atoms with Gasteiger partial charge in [0.1, 0.15) is 0 Å². The summed E-state index contributed by atoms with van der Waals surface area (Å²) in [4.78, 5) is 8.31. The van der Waals surface area contributed by atoms with Crippen molar-refractivity contribution in [2.24, 2.45) is 0 Å². The van der Waals surface area contributed by atoms with E-state index in [-0.39, 0.29) is 0 Å². The van der Waals surface area contributed by atoms with Crippen molar-refractivity contribution in [3.8, 4) is 11.8 Å². The molecule has 0 aliphatic rings. The number of aliphatic carboxylic acids is 1. The zero-order valence-corrected chi connectivity index (χ0v) is 5.78. The van der Waals surface area contributed by atoms with Crippen molar-refractivity contribution in [3.63, 3.8) is 0 Å². The molecule has 0 fully saturated rings.